The zero-order chi connectivity index (χ0) is 16.3. The minimum absolute atomic E-state index is 0.294. The van der Waals surface area contributed by atoms with Crippen LogP contribution in [0.1, 0.15) is 69.2 Å². The zero-order valence-corrected chi connectivity index (χ0v) is 18.7. The SMILES string of the molecule is CC1=C(C)C(C)(C)[C]([GeH2][C]2=C(C)C(C)=C(C)C2(C)C)=C1C. The van der Waals surface area contributed by atoms with Gasteiger partial charge in [-0.1, -0.05) is 0 Å². The predicted octanol–water partition coefficient (Wildman–Crippen LogP) is 5.46. The number of hydrogen-bond acceptors (Lipinski definition) is 0. The van der Waals surface area contributed by atoms with Crippen LogP contribution in [0.4, 0.5) is 0 Å². The van der Waals surface area contributed by atoms with Crippen LogP contribution in [0, 0.1) is 10.8 Å². The van der Waals surface area contributed by atoms with Gasteiger partial charge in [-0.15, -0.1) is 0 Å². The molecule has 0 amide bonds. The monoisotopic (exact) mass is 346 g/mol. The Labute approximate surface area is 138 Å². The van der Waals surface area contributed by atoms with Gasteiger partial charge in [-0.2, -0.15) is 0 Å². The summed E-state index contributed by atoms with van der Waals surface area (Å²) in [6.07, 6.45) is 0. The maximum atomic E-state index is 2.44. The molecule has 0 saturated heterocycles. The molecular weight excluding hydrogens is 313 g/mol. The van der Waals surface area contributed by atoms with Gasteiger partial charge in [-0.25, -0.2) is 0 Å². The van der Waals surface area contributed by atoms with Crippen LogP contribution in [0.5, 0.6) is 0 Å². The number of hydrogen-bond donors (Lipinski definition) is 0. The Morgan fingerprint density at radius 1 is 0.524 bits per heavy atom. The maximum absolute atomic E-state index is 2.44. The molecule has 0 heterocycles. The summed E-state index contributed by atoms with van der Waals surface area (Å²) in [5.74, 6) is 0. The van der Waals surface area contributed by atoms with E-state index in [0.717, 1.165) is 0 Å². The Morgan fingerprint density at radius 2 is 0.810 bits per heavy atom. The molecule has 0 N–H and O–H groups in total. The Morgan fingerprint density at radius 3 is 1.00 bits per heavy atom. The molecule has 0 unspecified atom stereocenters. The number of rotatable bonds is 2. The molecule has 0 radical (unpaired) electrons. The van der Waals surface area contributed by atoms with Crippen LogP contribution >= 0.6 is 0 Å². The average molecular weight is 345 g/mol. The molecule has 0 bridgehead atoms. The summed E-state index contributed by atoms with van der Waals surface area (Å²) in [7, 11) is 0. The fourth-order valence-corrected chi connectivity index (χ4v) is 10.2. The Balaban J connectivity index is 2.47. The van der Waals surface area contributed by atoms with E-state index in [1.54, 1.807) is 33.4 Å². The summed E-state index contributed by atoms with van der Waals surface area (Å²) in [5.41, 5.74) is 10.1. The Kier molecular flexibility index (Phi) is 4.02. The van der Waals surface area contributed by atoms with Gasteiger partial charge >= 0.3 is 138 Å². The van der Waals surface area contributed by atoms with Crippen molar-refractivity contribution in [1.82, 2.24) is 0 Å². The molecule has 21 heavy (non-hydrogen) atoms. The summed E-state index contributed by atoms with van der Waals surface area (Å²) in [4.78, 5) is 0. The van der Waals surface area contributed by atoms with Gasteiger partial charge in [0.15, 0.2) is 0 Å². The normalized spacial score (nSPS) is 24.9. The summed E-state index contributed by atoms with van der Waals surface area (Å²) in [6.45, 7) is 23.8. The molecule has 2 rings (SSSR count). The van der Waals surface area contributed by atoms with Crippen molar-refractivity contribution in [3.63, 3.8) is 0 Å². The van der Waals surface area contributed by atoms with Crippen LogP contribution in [-0.2, 0) is 0 Å². The van der Waals surface area contributed by atoms with E-state index in [9.17, 15) is 0 Å². The van der Waals surface area contributed by atoms with Crippen LogP contribution < -0.4 is 0 Å². The van der Waals surface area contributed by atoms with Crippen molar-refractivity contribution in [2.75, 3.05) is 0 Å². The van der Waals surface area contributed by atoms with Crippen LogP contribution in [0.3, 0.4) is 0 Å². The van der Waals surface area contributed by atoms with E-state index in [0.29, 0.717) is 10.8 Å². The van der Waals surface area contributed by atoms with Crippen LogP contribution in [0.15, 0.2) is 42.2 Å². The van der Waals surface area contributed by atoms with Crippen LogP contribution in [0.25, 0.3) is 0 Å². The average Bonchev–Trinajstić information content (AvgIpc) is 2.63. The predicted molar refractivity (Wildman–Crippen MR) is 98.3 cm³/mol. The molecular formula is C20H32Ge. The quantitative estimate of drug-likeness (QED) is 0.584. The summed E-state index contributed by atoms with van der Waals surface area (Å²) in [6, 6.07) is 0. The molecule has 2 aliphatic rings. The molecule has 0 fully saturated rings. The molecule has 1 heteroatoms. The summed E-state index contributed by atoms with van der Waals surface area (Å²) < 4.78 is 3.63. The van der Waals surface area contributed by atoms with Gasteiger partial charge in [0.2, 0.25) is 0 Å². The topological polar surface area (TPSA) is 0 Å². The van der Waals surface area contributed by atoms with E-state index in [1.165, 1.54) is 0 Å². The van der Waals surface area contributed by atoms with Gasteiger partial charge in [0, 0.05) is 0 Å². The molecule has 0 nitrogen and oxygen atoms in total. The van der Waals surface area contributed by atoms with E-state index in [2.05, 4.69) is 69.2 Å². The summed E-state index contributed by atoms with van der Waals surface area (Å²) >= 11 is -0.921. The van der Waals surface area contributed by atoms with E-state index >= 15 is 0 Å². The second-order valence-electron chi connectivity index (χ2n) is 8.13. The standard InChI is InChI=1S/C20H32Ge/c1-11-13(3)17(19(7,8)15(11)5)21-18-14(4)12(2)16(6)20(18,9)10/h21H2,1-10H3. The first-order chi connectivity index (χ1) is 9.44. The Hall–Kier alpha value is -0.497. The van der Waals surface area contributed by atoms with Crippen molar-refractivity contribution in [2.24, 2.45) is 10.8 Å². The molecule has 0 saturated carbocycles. The van der Waals surface area contributed by atoms with E-state index < -0.39 is 15.4 Å². The molecule has 0 aromatic heterocycles. The fraction of sp³-hybridized carbons (Fsp3) is 0.600. The first-order valence-electron chi connectivity index (χ1n) is 8.21. The van der Waals surface area contributed by atoms with E-state index in [4.69, 9.17) is 0 Å². The van der Waals surface area contributed by atoms with Crippen molar-refractivity contribution >= 4 is 15.4 Å². The number of allylic oxidation sites excluding steroid dienone is 8. The first-order valence-corrected chi connectivity index (χ1v) is 11.2. The van der Waals surface area contributed by atoms with Gasteiger partial charge in [0.1, 0.15) is 0 Å². The second-order valence-corrected chi connectivity index (χ2v) is 11.8. The van der Waals surface area contributed by atoms with Gasteiger partial charge in [0.05, 0.1) is 0 Å². The fourth-order valence-electron chi connectivity index (χ4n) is 4.23. The molecule has 2 aliphatic carbocycles. The summed E-state index contributed by atoms with van der Waals surface area (Å²) in [5, 5.41) is 0. The van der Waals surface area contributed by atoms with Gasteiger partial charge in [-0.3, -0.25) is 0 Å². The van der Waals surface area contributed by atoms with Crippen molar-refractivity contribution in [1.29, 1.82) is 0 Å². The molecule has 0 aromatic carbocycles. The first kappa shape index (κ1) is 16.9. The van der Waals surface area contributed by atoms with Crippen molar-refractivity contribution < 1.29 is 0 Å². The molecule has 0 aliphatic heterocycles. The molecule has 0 aromatic rings. The van der Waals surface area contributed by atoms with Crippen molar-refractivity contribution in [3.8, 4) is 0 Å². The van der Waals surface area contributed by atoms with Crippen molar-refractivity contribution in [3.05, 3.63) is 42.2 Å². The third-order valence-electron chi connectivity index (χ3n) is 6.89. The minimum atomic E-state index is -0.921. The van der Waals surface area contributed by atoms with E-state index in [1.807, 2.05) is 8.81 Å². The van der Waals surface area contributed by atoms with Gasteiger partial charge in [0.25, 0.3) is 0 Å². The zero-order valence-electron chi connectivity index (χ0n) is 15.7. The van der Waals surface area contributed by atoms with E-state index in [-0.39, 0.29) is 0 Å². The van der Waals surface area contributed by atoms with Gasteiger partial charge in [-0.05, 0) is 0 Å². The molecule has 0 atom stereocenters. The molecule has 0 spiro atoms. The van der Waals surface area contributed by atoms with Crippen LogP contribution in [0.2, 0.25) is 0 Å². The second kappa shape index (κ2) is 5.01. The Bertz CT molecular complexity index is 575. The molecule has 116 valence electrons. The van der Waals surface area contributed by atoms with Crippen LogP contribution in [-0.4, -0.2) is 15.4 Å². The van der Waals surface area contributed by atoms with Gasteiger partial charge < -0.3 is 0 Å². The van der Waals surface area contributed by atoms with Crippen molar-refractivity contribution in [2.45, 2.75) is 69.2 Å². The third kappa shape index (κ3) is 2.25. The third-order valence-corrected chi connectivity index (χ3v) is 14.3.